The molecule has 94 valence electrons. The predicted molar refractivity (Wildman–Crippen MR) is 76.7 cm³/mol. The van der Waals surface area contributed by atoms with Gasteiger partial charge in [0.15, 0.2) is 0 Å². The van der Waals surface area contributed by atoms with Gasteiger partial charge < -0.3 is 10.2 Å². The van der Waals surface area contributed by atoms with Gasteiger partial charge in [-0.3, -0.25) is 0 Å². The molecule has 0 saturated carbocycles. The molecule has 2 aromatic carbocycles. The van der Waals surface area contributed by atoms with Gasteiger partial charge in [0.05, 0.1) is 0 Å². The van der Waals surface area contributed by atoms with E-state index in [1.165, 1.54) is 16.3 Å². The Morgan fingerprint density at radius 1 is 1.06 bits per heavy atom. The summed E-state index contributed by atoms with van der Waals surface area (Å²) in [6.07, 6.45) is 0. The van der Waals surface area contributed by atoms with E-state index in [0.29, 0.717) is 6.04 Å². The molecule has 1 saturated heterocycles. The van der Waals surface area contributed by atoms with Crippen LogP contribution in [0.15, 0.2) is 42.5 Å². The first-order valence-electron chi connectivity index (χ1n) is 6.61. The van der Waals surface area contributed by atoms with Crippen molar-refractivity contribution in [1.82, 2.24) is 10.2 Å². The van der Waals surface area contributed by atoms with Crippen LogP contribution in [0.4, 0.5) is 0 Å². The summed E-state index contributed by atoms with van der Waals surface area (Å²) in [4.78, 5) is 2.34. The van der Waals surface area contributed by atoms with E-state index in [1.807, 2.05) is 0 Å². The van der Waals surface area contributed by atoms with Gasteiger partial charge in [-0.05, 0) is 36.5 Å². The van der Waals surface area contributed by atoms with Gasteiger partial charge in [-0.25, -0.2) is 0 Å². The number of hydrogen-bond acceptors (Lipinski definition) is 2. The zero-order chi connectivity index (χ0) is 12.5. The van der Waals surface area contributed by atoms with Crippen LogP contribution in [0.25, 0.3) is 10.8 Å². The molecule has 0 aliphatic carbocycles. The minimum atomic E-state index is 0.524. The molecule has 2 heteroatoms. The first-order valence-corrected chi connectivity index (χ1v) is 6.61. The summed E-state index contributed by atoms with van der Waals surface area (Å²) in [7, 11) is 4.36. The molecular weight excluding hydrogens is 220 g/mol. The van der Waals surface area contributed by atoms with Gasteiger partial charge in [0, 0.05) is 25.0 Å². The predicted octanol–water partition coefficient (Wildman–Crippen LogP) is 2.66. The van der Waals surface area contributed by atoms with Crippen LogP contribution in [0.5, 0.6) is 0 Å². The smallest absolute Gasteiger partial charge is 0.0394 e. The molecule has 1 N–H and O–H groups in total. The van der Waals surface area contributed by atoms with Crippen LogP contribution >= 0.6 is 0 Å². The molecule has 1 atom stereocenters. The molecule has 2 nitrogen and oxygen atoms in total. The Kier molecular flexibility index (Phi) is 3.06. The number of benzene rings is 2. The van der Waals surface area contributed by atoms with E-state index in [4.69, 9.17) is 0 Å². The van der Waals surface area contributed by atoms with Crippen LogP contribution in [-0.2, 0) is 0 Å². The van der Waals surface area contributed by atoms with Crippen LogP contribution in [-0.4, -0.2) is 32.1 Å². The topological polar surface area (TPSA) is 15.3 Å². The zero-order valence-corrected chi connectivity index (χ0v) is 11.1. The lowest BCUT2D eigenvalue weighted by atomic mass is 9.87. The van der Waals surface area contributed by atoms with E-state index < -0.39 is 0 Å². The fraction of sp³-hybridized carbons (Fsp3) is 0.375. The molecule has 0 amide bonds. The highest BCUT2D eigenvalue weighted by molar-refractivity contribution is 5.83. The summed E-state index contributed by atoms with van der Waals surface area (Å²) < 4.78 is 0. The Hall–Kier alpha value is -1.38. The third kappa shape index (κ3) is 2.02. The van der Waals surface area contributed by atoms with Crippen LogP contribution in [0.2, 0.25) is 0 Å². The van der Waals surface area contributed by atoms with Gasteiger partial charge in [0.1, 0.15) is 0 Å². The molecule has 1 aliphatic heterocycles. The van der Waals surface area contributed by atoms with E-state index in [2.05, 4.69) is 66.8 Å². The summed E-state index contributed by atoms with van der Waals surface area (Å²) in [5.41, 5.74) is 1.44. The van der Waals surface area contributed by atoms with Gasteiger partial charge in [-0.15, -0.1) is 0 Å². The normalized spacial score (nSPS) is 17.9. The molecule has 0 radical (unpaired) electrons. The molecule has 1 fully saturated rings. The third-order valence-electron chi connectivity index (χ3n) is 3.93. The van der Waals surface area contributed by atoms with Gasteiger partial charge in [-0.1, -0.05) is 36.4 Å². The third-order valence-corrected chi connectivity index (χ3v) is 3.93. The fourth-order valence-electron chi connectivity index (χ4n) is 2.92. The van der Waals surface area contributed by atoms with Crippen molar-refractivity contribution in [2.45, 2.75) is 6.04 Å². The van der Waals surface area contributed by atoms with Gasteiger partial charge in [0.2, 0.25) is 0 Å². The fourth-order valence-corrected chi connectivity index (χ4v) is 2.92. The highest BCUT2D eigenvalue weighted by Gasteiger charge is 2.29. The largest absolute Gasteiger partial charge is 0.316 e. The van der Waals surface area contributed by atoms with E-state index in [-0.39, 0.29) is 0 Å². The molecule has 3 rings (SSSR count). The van der Waals surface area contributed by atoms with Crippen molar-refractivity contribution >= 4 is 10.8 Å². The number of nitrogens with zero attached hydrogens (tertiary/aromatic N) is 1. The Morgan fingerprint density at radius 2 is 1.78 bits per heavy atom. The summed E-state index contributed by atoms with van der Waals surface area (Å²) in [5, 5.41) is 6.04. The van der Waals surface area contributed by atoms with E-state index >= 15 is 0 Å². The summed E-state index contributed by atoms with van der Waals surface area (Å²) in [6, 6.07) is 16.0. The van der Waals surface area contributed by atoms with E-state index in [0.717, 1.165) is 19.0 Å². The molecule has 1 aliphatic rings. The quantitative estimate of drug-likeness (QED) is 0.887. The van der Waals surface area contributed by atoms with Crippen molar-refractivity contribution in [2.75, 3.05) is 27.2 Å². The molecule has 0 aromatic heterocycles. The monoisotopic (exact) mass is 240 g/mol. The second-order valence-electron chi connectivity index (χ2n) is 5.43. The first kappa shape index (κ1) is 11.7. The van der Waals surface area contributed by atoms with Crippen molar-refractivity contribution in [3.8, 4) is 0 Å². The Morgan fingerprint density at radius 3 is 2.39 bits per heavy atom. The van der Waals surface area contributed by atoms with E-state index in [9.17, 15) is 0 Å². The first-order chi connectivity index (χ1) is 8.75. The maximum atomic E-state index is 3.38. The van der Waals surface area contributed by atoms with Crippen molar-refractivity contribution in [2.24, 2.45) is 5.92 Å². The van der Waals surface area contributed by atoms with Gasteiger partial charge in [-0.2, -0.15) is 0 Å². The van der Waals surface area contributed by atoms with E-state index in [1.54, 1.807) is 0 Å². The highest BCUT2D eigenvalue weighted by atomic mass is 15.1. The molecule has 18 heavy (non-hydrogen) atoms. The second-order valence-corrected chi connectivity index (χ2v) is 5.43. The Labute approximate surface area is 109 Å². The maximum absolute atomic E-state index is 3.38. The summed E-state index contributed by atoms with van der Waals surface area (Å²) in [5.74, 6) is 0.737. The van der Waals surface area contributed by atoms with Crippen molar-refractivity contribution in [3.63, 3.8) is 0 Å². The average molecular weight is 240 g/mol. The lowest BCUT2D eigenvalue weighted by Crippen LogP contribution is -2.48. The van der Waals surface area contributed by atoms with Gasteiger partial charge in [0.25, 0.3) is 0 Å². The van der Waals surface area contributed by atoms with Gasteiger partial charge >= 0.3 is 0 Å². The summed E-state index contributed by atoms with van der Waals surface area (Å²) >= 11 is 0. The standard InChI is InChI=1S/C16H20N2/c1-18(2)16(15-10-17-11-15)14-8-7-12-5-3-4-6-13(12)9-14/h3-9,15-17H,10-11H2,1-2H3. The average Bonchev–Trinajstić information content (AvgIpc) is 2.32. The maximum Gasteiger partial charge on any atom is 0.0394 e. The number of hydrogen-bond donors (Lipinski definition) is 1. The molecule has 1 heterocycles. The van der Waals surface area contributed by atoms with Crippen LogP contribution in [0.1, 0.15) is 11.6 Å². The molecule has 0 spiro atoms. The summed E-state index contributed by atoms with van der Waals surface area (Å²) in [6.45, 7) is 2.27. The van der Waals surface area contributed by atoms with Crippen molar-refractivity contribution < 1.29 is 0 Å². The van der Waals surface area contributed by atoms with Crippen LogP contribution in [0.3, 0.4) is 0 Å². The molecular formula is C16H20N2. The SMILES string of the molecule is CN(C)C(c1ccc2ccccc2c1)C1CNC1. The zero-order valence-electron chi connectivity index (χ0n) is 11.1. The number of nitrogens with one attached hydrogen (secondary N) is 1. The van der Waals surface area contributed by atoms with Crippen molar-refractivity contribution in [1.29, 1.82) is 0 Å². The Balaban J connectivity index is 2.00. The second kappa shape index (κ2) is 4.71. The van der Waals surface area contributed by atoms with Crippen molar-refractivity contribution in [3.05, 3.63) is 48.0 Å². The highest BCUT2D eigenvalue weighted by Crippen LogP contribution is 2.31. The van der Waals surface area contributed by atoms with Crippen LogP contribution in [0, 0.1) is 5.92 Å². The number of fused-ring (bicyclic) bond motifs is 1. The minimum Gasteiger partial charge on any atom is -0.316 e. The lowest BCUT2D eigenvalue weighted by molar-refractivity contribution is 0.161. The molecule has 1 unspecified atom stereocenters. The minimum absolute atomic E-state index is 0.524. The molecule has 0 bridgehead atoms. The van der Waals surface area contributed by atoms with Crippen LogP contribution < -0.4 is 5.32 Å². The number of rotatable bonds is 3. The molecule has 2 aromatic rings. The Bertz CT molecular complexity index is 544. The lowest BCUT2D eigenvalue weighted by Gasteiger charge is -2.39.